The zero-order chi connectivity index (χ0) is 18.4. The fourth-order valence-electron chi connectivity index (χ4n) is 2.99. The highest BCUT2D eigenvalue weighted by molar-refractivity contribution is 5.83. The second-order valence-corrected chi connectivity index (χ2v) is 6.94. The van der Waals surface area contributed by atoms with Gasteiger partial charge in [-0.15, -0.1) is 0 Å². The maximum absolute atomic E-state index is 11.5. The SMILES string of the molecule is CC(C)Cc1ccc(-c2ccc(OCc3ccccc3)c(C=O)c2)cc1. The van der Waals surface area contributed by atoms with Crippen molar-refractivity contribution in [2.75, 3.05) is 0 Å². The number of rotatable bonds is 7. The quantitative estimate of drug-likeness (QED) is 0.496. The van der Waals surface area contributed by atoms with Gasteiger partial charge in [0.15, 0.2) is 6.29 Å². The van der Waals surface area contributed by atoms with Crippen molar-refractivity contribution >= 4 is 6.29 Å². The molecule has 2 heteroatoms. The Morgan fingerprint density at radius 3 is 2.19 bits per heavy atom. The first-order chi connectivity index (χ1) is 12.7. The Balaban J connectivity index is 1.76. The molecule has 26 heavy (non-hydrogen) atoms. The Labute approximate surface area is 155 Å². The Hall–Kier alpha value is -2.87. The molecular weight excluding hydrogens is 320 g/mol. The number of benzene rings is 3. The number of hydrogen-bond donors (Lipinski definition) is 0. The molecule has 0 radical (unpaired) electrons. The van der Waals surface area contributed by atoms with E-state index in [1.165, 1.54) is 5.56 Å². The van der Waals surface area contributed by atoms with Gasteiger partial charge in [-0.2, -0.15) is 0 Å². The molecule has 0 fully saturated rings. The lowest BCUT2D eigenvalue weighted by Crippen LogP contribution is -1.98. The molecule has 0 aromatic heterocycles. The minimum Gasteiger partial charge on any atom is -0.488 e. The average Bonchev–Trinajstić information content (AvgIpc) is 2.67. The molecule has 3 aromatic rings. The summed E-state index contributed by atoms with van der Waals surface area (Å²) in [4.78, 5) is 11.5. The van der Waals surface area contributed by atoms with Crippen LogP contribution in [0.15, 0.2) is 72.8 Å². The Kier molecular flexibility index (Phi) is 5.85. The van der Waals surface area contributed by atoms with E-state index in [0.717, 1.165) is 29.4 Å². The van der Waals surface area contributed by atoms with Crippen molar-refractivity contribution in [3.05, 3.63) is 89.5 Å². The van der Waals surface area contributed by atoms with E-state index in [1.807, 2.05) is 48.5 Å². The summed E-state index contributed by atoms with van der Waals surface area (Å²) in [5, 5.41) is 0. The molecule has 3 aromatic carbocycles. The van der Waals surface area contributed by atoms with Crippen molar-refractivity contribution in [2.24, 2.45) is 5.92 Å². The van der Waals surface area contributed by atoms with Gasteiger partial charge in [-0.05, 0) is 46.7 Å². The lowest BCUT2D eigenvalue weighted by molar-refractivity contribution is 0.111. The van der Waals surface area contributed by atoms with Crippen LogP contribution in [-0.4, -0.2) is 6.29 Å². The highest BCUT2D eigenvalue weighted by Gasteiger charge is 2.07. The Morgan fingerprint density at radius 1 is 0.846 bits per heavy atom. The van der Waals surface area contributed by atoms with E-state index >= 15 is 0 Å². The van der Waals surface area contributed by atoms with Gasteiger partial charge in [0.1, 0.15) is 12.4 Å². The van der Waals surface area contributed by atoms with Crippen LogP contribution in [-0.2, 0) is 13.0 Å². The first kappa shape index (κ1) is 17.9. The largest absolute Gasteiger partial charge is 0.488 e. The maximum Gasteiger partial charge on any atom is 0.153 e. The summed E-state index contributed by atoms with van der Waals surface area (Å²) in [5.41, 5.74) is 5.12. The smallest absolute Gasteiger partial charge is 0.153 e. The number of aldehydes is 1. The molecule has 0 aliphatic rings. The van der Waals surface area contributed by atoms with Gasteiger partial charge in [-0.3, -0.25) is 4.79 Å². The van der Waals surface area contributed by atoms with Crippen molar-refractivity contribution in [3.8, 4) is 16.9 Å². The number of carbonyl (C=O) groups is 1. The molecule has 2 nitrogen and oxygen atoms in total. The van der Waals surface area contributed by atoms with Crippen molar-refractivity contribution in [3.63, 3.8) is 0 Å². The average molecular weight is 344 g/mol. The van der Waals surface area contributed by atoms with Crippen LogP contribution >= 0.6 is 0 Å². The molecule has 0 unspecified atom stereocenters. The highest BCUT2D eigenvalue weighted by atomic mass is 16.5. The van der Waals surface area contributed by atoms with E-state index in [2.05, 4.69) is 38.1 Å². The van der Waals surface area contributed by atoms with E-state index in [0.29, 0.717) is 23.8 Å². The van der Waals surface area contributed by atoms with Crippen molar-refractivity contribution in [1.29, 1.82) is 0 Å². The van der Waals surface area contributed by atoms with Crippen LogP contribution in [0.3, 0.4) is 0 Å². The third-order valence-electron chi connectivity index (χ3n) is 4.31. The normalized spacial score (nSPS) is 10.7. The van der Waals surface area contributed by atoms with Gasteiger partial charge < -0.3 is 4.74 Å². The maximum atomic E-state index is 11.5. The summed E-state index contributed by atoms with van der Waals surface area (Å²) >= 11 is 0. The Morgan fingerprint density at radius 2 is 1.54 bits per heavy atom. The molecule has 0 spiro atoms. The summed E-state index contributed by atoms with van der Waals surface area (Å²) in [6.45, 7) is 4.89. The molecular formula is C24H24O2. The van der Waals surface area contributed by atoms with Crippen LogP contribution in [0.25, 0.3) is 11.1 Å². The standard InChI is InChI=1S/C24H24O2/c1-18(2)14-19-8-10-21(11-9-19)22-12-13-24(23(15-22)16-25)26-17-20-6-4-3-5-7-20/h3-13,15-16,18H,14,17H2,1-2H3. The molecule has 0 heterocycles. The van der Waals surface area contributed by atoms with E-state index < -0.39 is 0 Å². The monoisotopic (exact) mass is 344 g/mol. The lowest BCUT2D eigenvalue weighted by atomic mass is 9.98. The Bertz CT molecular complexity index is 849. The van der Waals surface area contributed by atoms with Crippen molar-refractivity contribution in [2.45, 2.75) is 26.9 Å². The molecule has 0 aliphatic heterocycles. The van der Waals surface area contributed by atoms with Crippen LogP contribution in [0.2, 0.25) is 0 Å². The molecule has 132 valence electrons. The lowest BCUT2D eigenvalue weighted by Gasteiger charge is -2.11. The summed E-state index contributed by atoms with van der Waals surface area (Å²) in [6, 6.07) is 24.3. The van der Waals surface area contributed by atoms with Gasteiger partial charge in [-0.25, -0.2) is 0 Å². The zero-order valence-corrected chi connectivity index (χ0v) is 15.3. The van der Waals surface area contributed by atoms with Crippen LogP contribution in [0, 0.1) is 5.92 Å². The topological polar surface area (TPSA) is 26.3 Å². The molecule has 0 aliphatic carbocycles. The van der Waals surface area contributed by atoms with Crippen LogP contribution in [0.5, 0.6) is 5.75 Å². The first-order valence-electron chi connectivity index (χ1n) is 9.01. The van der Waals surface area contributed by atoms with E-state index in [9.17, 15) is 4.79 Å². The summed E-state index contributed by atoms with van der Waals surface area (Å²) in [7, 11) is 0. The van der Waals surface area contributed by atoms with Crippen LogP contribution in [0.1, 0.15) is 35.3 Å². The van der Waals surface area contributed by atoms with E-state index in [-0.39, 0.29) is 0 Å². The molecule has 0 amide bonds. The number of ether oxygens (including phenoxy) is 1. The van der Waals surface area contributed by atoms with Gasteiger partial charge in [-0.1, -0.05) is 74.5 Å². The summed E-state index contributed by atoms with van der Waals surface area (Å²) < 4.78 is 5.84. The van der Waals surface area contributed by atoms with Crippen molar-refractivity contribution in [1.82, 2.24) is 0 Å². The highest BCUT2D eigenvalue weighted by Crippen LogP contribution is 2.27. The molecule has 0 bridgehead atoms. The number of hydrogen-bond acceptors (Lipinski definition) is 2. The summed E-state index contributed by atoms with van der Waals surface area (Å²) in [6.07, 6.45) is 1.93. The molecule has 0 N–H and O–H groups in total. The zero-order valence-electron chi connectivity index (χ0n) is 15.3. The van der Waals surface area contributed by atoms with Gasteiger partial charge in [0, 0.05) is 0 Å². The minimum absolute atomic E-state index is 0.449. The first-order valence-corrected chi connectivity index (χ1v) is 9.01. The van der Waals surface area contributed by atoms with Gasteiger partial charge in [0.25, 0.3) is 0 Å². The molecule has 3 rings (SSSR count). The second-order valence-electron chi connectivity index (χ2n) is 6.94. The molecule has 0 saturated heterocycles. The fraction of sp³-hybridized carbons (Fsp3) is 0.208. The second kappa shape index (κ2) is 8.48. The van der Waals surface area contributed by atoms with Gasteiger partial charge in [0.2, 0.25) is 0 Å². The predicted molar refractivity (Wildman–Crippen MR) is 107 cm³/mol. The third-order valence-corrected chi connectivity index (χ3v) is 4.31. The fourth-order valence-corrected chi connectivity index (χ4v) is 2.99. The van der Waals surface area contributed by atoms with E-state index in [1.54, 1.807) is 0 Å². The molecule has 0 saturated carbocycles. The third kappa shape index (κ3) is 4.60. The predicted octanol–water partition coefficient (Wildman–Crippen LogP) is 5.94. The molecule has 0 atom stereocenters. The number of carbonyl (C=O) groups excluding carboxylic acids is 1. The summed E-state index contributed by atoms with van der Waals surface area (Å²) in [5.74, 6) is 1.26. The van der Waals surface area contributed by atoms with Crippen LogP contribution < -0.4 is 4.74 Å². The minimum atomic E-state index is 0.449. The van der Waals surface area contributed by atoms with E-state index in [4.69, 9.17) is 4.74 Å². The van der Waals surface area contributed by atoms with Crippen molar-refractivity contribution < 1.29 is 9.53 Å². The van der Waals surface area contributed by atoms with Gasteiger partial charge >= 0.3 is 0 Å². The van der Waals surface area contributed by atoms with Gasteiger partial charge in [0.05, 0.1) is 5.56 Å². The van der Waals surface area contributed by atoms with Crippen LogP contribution in [0.4, 0.5) is 0 Å².